The second-order valence-corrected chi connectivity index (χ2v) is 6.74. The number of rotatable bonds is 7. The van der Waals surface area contributed by atoms with Crippen molar-refractivity contribution in [2.45, 2.75) is 26.8 Å². The van der Waals surface area contributed by atoms with Crippen LogP contribution in [0, 0.1) is 18.7 Å². The highest BCUT2D eigenvalue weighted by atomic mass is 19.1. The average Bonchev–Trinajstić information content (AvgIpc) is 2.67. The van der Waals surface area contributed by atoms with E-state index in [4.69, 9.17) is 9.47 Å². The summed E-state index contributed by atoms with van der Waals surface area (Å²) in [5, 5.41) is 5.42. The van der Waals surface area contributed by atoms with Gasteiger partial charge in [0.25, 0.3) is 5.91 Å². The highest BCUT2D eigenvalue weighted by Gasteiger charge is 2.25. The number of anilines is 1. The van der Waals surface area contributed by atoms with Crippen LogP contribution in [-0.2, 0) is 4.79 Å². The van der Waals surface area contributed by atoms with Crippen LogP contribution in [0.25, 0.3) is 0 Å². The topological polar surface area (TPSA) is 76.7 Å². The molecule has 0 unspecified atom stereocenters. The summed E-state index contributed by atoms with van der Waals surface area (Å²) in [6, 6.07) is 8.11. The Morgan fingerprint density at radius 3 is 2.14 bits per heavy atom. The van der Waals surface area contributed by atoms with E-state index in [1.54, 1.807) is 31.2 Å². The number of halogens is 1. The first kappa shape index (κ1) is 21.2. The molecule has 0 bridgehead atoms. The van der Waals surface area contributed by atoms with Gasteiger partial charge in [0.05, 0.1) is 14.2 Å². The second-order valence-electron chi connectivity index (χ2n) is 6.74. The first-order chi connectivity index (χ1) is 13.2. The molecule has 0 spiro atoms. The number of benzene rings is 2. The van der Waals surface area contributed by atoms with E-state index in [0.29, 0.717) is 22.7 Å². The summed E-state index contributed by atoms with van der Waals surface area (Å²) in [5.41, 5.74) is 1.39. The number of methoxy groups -OCH3 is 2. The quantitative estimate of drug-likeness (QED) is 0.761. The Morgan fingerprint density at radius 1 is 1.00 bits per heavy atom. The smallest absolute Gasteiger partial charge is 0.252 e. The molecule has 6 nitrogen and oxygen atoms in total. The molecule has 2 rings (SSSR count). The van der Waals surface area contributed by atoms with Crippen LogP contribution in [0.15, 0.2) is 36.4 Å². The SMILES string of the molecule is COc1cc(OC)cc(C(=O)N[C@@H](C(=O)Nc2cc(F)ccc2C)C(C)C)c1. The average molecular weight is 388 g/mol. The van der Waals surface area contributed by atoms with Gasteiger partial charge < -0.3 is 20.1 Å². The van der Waals surface area contributed by atoms with Gasteiger partial charge in [-0.1, -0.05) is 19.9 Å². The van der Waals surface area contributed by atoms with Crippen LogP contribution >= 0.6 is 0 Å². The van der Waals surface area contributed by atoms with Gasteiger partial charge in [-0.05, 0) is 42.7 Å². The molecule has 0 heterocycles. The molecule has 7 heteroatoms. The Hall–Kier alpha value is -3.09. The number of hydrogen-bond acceptors (Lipinski definition) is 4. The van der Waals surface area contributed by atoms with E-state index < -0.39 is 23.7 Å². The Kier molecular flexibility index (Phi) is 6.98. The lowest BCUT2D eigenvalue weighted by Crippen LogP contribution is -2.47. The zero-order valence-corrected chi connectivity index (χ0v) is 16.6. The monoisotopic (exact) mass is 388 g/mol. The molecule has 0 radical (unpaired) electrons. The van der Waals surface area contributed by atoms with Gasteiger partial charge >= 0.3 is 0 Å². The first-order valence-electron chi connectivity index (χ1n) is 8.86. The molecule has 2 amide bonds. The van der Waals surface area contributed by atoms with E-state index in [1.165, 1.54) is 26.4 Å². The van der Waals surface area contributed by atoms with Gasteiger partial charge in [-0.25, -0.2) is 4.39 Å². The van der Waals surface area contributed by atoms with E-state index in [1.807, 2.05) is 13.8 Å². The Labute approximate surface area is 164 Å². The van der Waals surface area contributed by atoms with Crippen molar-refractivity contribution in [3.8, 4) is 11.5 Å². The third kappa shape index (κ3) is 5.22. The number of nitrogens with one attached hydrogen (secondary N) is 2. The van der Waals surface area contributed by atoms with Crippen molar-refractivity contribution >= 4 is 17.5 Å². The summed E-state index contributed by atoms with van der Waals surface area (Å²) in [6.45, 7) is 5.39. The van der Waals surface area contributed by atoms with E-state index in [9.17, 15) is 14.0 Å². The molecule has 0 fully saturated rings. The minimum Gasteiger partial charge on any atom is -0.497 e. The maximum Gasteiger partial charge on any atom is 0.252 e. The van der Waals surface area contributed by atoms with Gasteiger partial charge in [-0.3, -0.25) is 9.59 Å². The predicted octanol–water partition coefficient (Wildman–Crippen LogP) is 3.54. The molecule has 0 aromatic heterocycles. The van der Waals surface area contributed by atoms with E-state index in [-0.39, 0.29) is 5.92 Å². The fraction of sp³-hybridized carbons (Fsp3) is 0.333. The van der Waals surface area contributed by atoms with Crippen molar-refractivity contribution in [1.29, 1.82) is 0 Å². The number of aryl methyl sites for hydroxylation is 1. The molecule has 0 aliphatic carbocycles. The number of ether oxygens (including phenoxy) is 2. The van der Waals surface area contributed by atoms with Crippen LogP contribution in [0.1, 0.15) is 29.8 Å². The molecule has 2 aromatic carbocycles. The number of carbonyl (C=O) groups is 2. The summed E-state index contributed by atoms with van der Waals surface area (Å²) < 4.78 is 23.8. The molecule has 1 atom stereocenters. The van der Waals surface area contributed by atoms with Crippen molar-refractivity contribution in [1.82, 2.24) is 5.32 Å². The summed E-state index contributed by atoms with van der Waals surface area (Å²) in [4.78, 5) is 25.4. The van der Waals surface area contributed by atoms with Crippen LogP contribution in [0.2, 0.25) is 0 Å². The fourth-order valence-corrected chi connectivity index (χ4v) is 2.64. The molecule has 0 aliphatic rings. The zero-order valence-electron chi connectivity index (χ0n) is 16.6. The van der Waals surface area contributed by atoms with Gasteiger partial charge in [0.1, 0.15) is 23.4 Å². The molecule has 0 aliphatic heterocycles. The normalized spacial score (nSPS) is 11.7. The molecule has 0 saturated heterocycles. The number of carbonyl (C=O) groups excluding carboxylic acids is 2. The highest BCUT2D eigenvalue weighted by molar-refractivity contribution is 6.01. The second kappa shape index (κ2) is 9.21. The van der Waals surface area contributed by atoms with Gasteiger partial charge in [-0.15, -0.1) is 0 Å². The summed E-state index contributed by atoms with van der Waals surface area (Å²) >= 11 is 0. The van der Waals surface area contributed by atoms with Crippen molar-refractivity contribution in [2.24, 2.45) is 5.92 Å². The van der Waals surface area contributed by atoms with Crippen molar-refractivity contribution in [3.05, 3.63) is 53.3 Å². The lowest BCUT2D eigenvalue weighted by molar-refractivity contribution is -0.118. The Morgan fingerprint density at radius 2 is 1.61 bits per heavy atom. The summed E-state index contributed by atoms with van der Waals surface area (Å²) in [6.07, 6.45) is 0. The van der Waals surface area contributed by atoms with Gasteiger partial charge in [0.15, 0.2) is 0 Å². The van der Waals surface area contributed by atoms with Gasteiger partial charge in [-0.2, -0.15) is 0 Å². The molecule has 0 saturated carbocycles. The zero-order chi connectivity index (χ0) is 20.8. The van der Waals surface area contributed by atoms with Crippen LogP contribution in [0.4, 0.5) is 10.1 Å². The first-order valence-corrected chi connectivity index (χ1v) is 8.86. The predicted molar refractivity (Wildman–Crippen MR) is 105 cm³/mol. The standard InChI is InChI=1S/C21H25FN2O4/c1-12(2)19(21(26)23-18-10-15(22)7-6-13(18)3)24-20(25)14-8-16(27-4)11-17(9-14)28-5/h6-12,19H,1-5H3,(H,23,26)(H,24,25)/t19-/m1/s1. The maximum atomic E-state index is 13.5. The largest absolute Gasteiger partial charge is 0.497 e. The molecule has 2 N–H and O–H groups in total. The van der Waals surface area contributed by atoms with Gasteiger partial charge in [0.2, 0.25) is 5.91 Å². The highest BCUT2D eigenvalue weighted by Crippen LogP contribution is 2.23. The van der Waals surface area contributed by atoms with Crippen LogP contribution < -0.4 is 20.1 Å². The van der Waals surface area contributed by atoms with E-state index in [0.717, 1.165) is 5.56 Å². The molecule has 2 aromatic rings. The van der Waals surface area contributed by atoms with Gasteiger partial charge in [0, 0.05) is 17.3 Å². The third-order valence-corrected chi connectivity index (χ3v) is 4.31. The molecular formula is C21H25FN2O4. The van der Waals surface area contributed by atoms with Crippen molar-refractivity contribution in [2.75, 3.05) is 19.5 Å². The van der Waals surface area contributed by atoms with E-state index >= 15 is 0 Å². The molecular weight excluding hydrogens is 363 g/mol. The van der Waals surface area contributed by atoms with E-state index in [2.05, 4.69) is 10.6 Å². The summed E-state index contributed by atoms with van der Waals surface area (Å²) in [5.74, 6) is -0.579. The van der Waals surface area contributed by atoms with Crippen LogP contribution in [0.3, 0.4) is 0 Å². The lowest BCUT2D eigenvalue weighted by Gasteiger charge is -2.22. The number of amides is 2. The van der Waals surface area contributed by atoms with Crippen LogP contribution in [-0.4, -0.2) is 32.1 Å². The van der Waals surface area contributed by atoms with Crippen LogP contribution in [0.5, 0.6) is 11.5 Å². The Bertz CT molecular complexity index is 845. The number of hydrogen-bond donors (Lipinski definition) is 2. The van der Waals surface area contributed by atoms with Crippen molar-refractivity contribution in [3.63, 3.8) is 0 Å². The molecule has 28 heavy (non-hydrogen) atoms. The van der Waals surface area contributed by atoms with Crippen molar-refractivity contribution < 1.29 is 23.5 Å². The molecule has 150 valence electrons. The minimum absolute atomic E-state index is 0.190. The lowest BCUT2D eigenvalue weighted by atomic mass is 10.0. The summed E-state index contributed by atoms with van der Waals surface area (Å²) in [7, 11) is 2.98. The minimum atomic E-state index is -0.813. The third-order valence-electron chi connectivity index (χ3n) is 4.31. The Balaban J connectivity index is 2.21. The fourth-order valence-electron chi connectivity index (χ4n) is 2.64. The maximum absolute atomic E-state index is 13.5.